The fourth-order valence-corrected chi connectivity index (χ4v) is 5.14. The lowest BCUT2D eigenvalue weighted by atomic mass is 9.86. The minimum absolute atomic E-state index is 0.225. The zero-order valence-electron chi connectivity index (χ0n) is 19.5. The molecule has 0 saturated carbocycles. The van der Waals surface area contributed by atoms with Crippen LogP contribution in [0.25, 0.3) is 22.2 Å². The van der Waals surface area contributed by atoms with Gasteiger partial charge in [-0.3, -0.25) is 9.69 Å². The Kier molecular flexibility index (Phi) is 5.94. The van der Waals surface area contributed by atoms with Gasteiger partial charge in [-0.25, -0.2) is 9.78 Å². The van der Waals surface area contributed by atoms with Gasteiger partial charge in [-0.15, -0.1) is 0 Å². The van der Waals surface area contributed by atoms with E-state index in [0.29, 0.717) is 36.8 Å². The van der Waals surface area contributed by atoms with E-state index in [2.05, 4.69) is 16.0 Å². The first-order valence-corrected chi connectivity index (χ1v) is 11.9. The van der Waals surface area contributed by atoms with Crippen molar-refractivity contribution >= 4 is 34.6 Å². The van der Waals surface area contributed by atoms with Gasteiger partial charge in [0.1, 0.15) is 11.2 Å². The van der Waals surface area contributed by atoms with Crippen LogP contribution in [0.3, 0.4) is 0 Å². The van der Waals surface area contributed by atoms with Crippen molar-refractivity contribution in [2.24, 2.45) is 0 Å². The SMILES string of the molecule is CC(C)(O)C(=O)N1CCc2cc(-c3cnc4[nH]cc(Cl)c4c3)cc(C3COCCN3C(=O)O)c2C1. The van der Waals surface area contributed by atoms with E-state index in [4.69, 9.17) is 16.3 Å². The van der Waals surface area contributed by atoms with Crippen molar-refractivity contribution in [2.45, 2.75) is 38.5 Å². The zero-order valence-corrected chi connectivity index (χ0v) is 20.3. The van der Waals surface area contributed by atoms with Crippen LogP contribution in [0, 0.1) is 0 Å². The maximum atomic E-state index is 12.8. The molecule has 184 valence electrons. The number of ether oxygens (including phenoxy) is 1. The van der Waals surface area contributed by atoms with Crippen molar-refractivity contribution in [1.29, 1.82) is 0 Å². The number of aromatic nitrogens is 2. The van der Waals surface area contributed by atoms with E-state index in [1.165, 1.54) is 18.7 Å². The first-order valence-electron chi connectivity index (χ1n) is 11.5. The first kappa shape index (κ1) is 23.6. The van der Waals surface area contributed by atoms with Crippen LogP contribution in [0.15, 0.2) is 30.6 Å². The van der Waals surface area contributed by atoms with E-state index >= 15 is 0 Å². The van der Waals surface area contributed by atoms with E-state index in [1.807, 2.05) is 12.1 Å². The van der Waals surface area contributed by atoms with Gasteiger partial charge in [-0.05, 0) is 54.7 Å². The Morgan fingerprint density at radius 2 is 2.03 bits per heavy atom. The van der Waals surface area contributed by atoms with Crippen molar-refractivity contribution in [1.82, 2.24) is 19.8 Å². The number of rotatable bonds is 3. The number of hydrogen-bond acceptors (Lipinski definition) is 5. The molecule has 1 saturated heterocycles. The summed E-state index contributed by atoms with van der Waals surface area (Å²) in [6.45, 7) is 4.53. The standard InChI is InChI=1S/C25H27ClN4O5/c1-25(2,34)23(31)29-4-3-14-7-15(16-9-18-20(26)11-28-22(18)27-10-16)8-17(19(14)12-29)21-13-35-6-5-30(21)24(32)33/h7-11,21,34H,3-6,12-13H2,1-2H3,(H,27,28)(H,32,33). The van der Waals surface area contributed by atoms with Crippen LogP contribution in [-0.4, -0.2) is 73.9 Å². The summed E-state index contributed by atoms with van der Waals surface area (Å²) in [5.74, 6) is -0.357. The second-order valence-electron chi connectivity index (χ2n) is 9.56. The highest BCUT2D eigenvalue weighted by Gasteiger charge is 2.36. The number of benzene rings is 1. The lowest BCUT2D eigenvalue weighted by Gasteiger charge is -2.39. The number of H-pyrrole nitrogens is 1. The Labute approximate surface area is 207 Å². The van der Waals surface area contributed by atoms with Gasteiger partial charge < -0.3 is 24.8 Å². The molecule has 5 rings (SSSR count). The van der Waals surface area contributed by atoms with E-state index in [9.17, 15) is 19.8 Å². The van der Waals surface area contributed by atoms with Gasteiger partial charge >= 0.3 is 6.09 Å². The molecule has 3 N–H and O–H groups in total. The summed E-state index contributed by atoms with van der Waals surface area (Å²) in [6.07, 6.45) is 3.03. The molecule has 0 spiro atoms. The summed E-state index contributed by atoms with van der Waals surface area (Å²) >= 11 is 6.32. The third kappa shape index (κ3) is 4.35. The predicted octanol–water partition coefficient (Wildman–Crippen LogP) is 3.59. The van der Waals surface area contributed by atoms with Gasteiger partial charge in [0.25, 0.3) is 5.91 Å². The average molecular weight is 499 g/mol. The molecular weight excluding hydrogens is 472 g/mol. The number of carbonyl (C=O) groups excluding carboxylic acids is 1. The van der Waals surface area contributed by atoms with Crippen LogP contribution in [0.5, 0.6) is 0 Å². The number of nitrogens with zero attached hydrogens (tertiary/aromatic N) is 3. The second-order valence-corrected chi connectivity index (χ2v) is 9.97. The molecule has 1 unspecified atom stereocenters. The Morgan fingerprint density at radius 3 is 2.77 bits per heavy atom. The van der Waals surface area contributed by atoms with Crippen molar-refractivity contribution in [3.8, 4) is 11.1 Å². The molecule has 3 aromatic rings. The highest BCUT2D eigenvalue weighted by molar-refractivity contribution is 6.35. The number of morpholine rings is 1. The number of amides is 2. The van der Waals surface area contributed by atoms with Crippen molar-refractivity contribution < 1.29 is 24.5 Å². The van der Waals surface area contributed by atoms with Crippen molar-refractivity contribution in [3.63, 3.8) is 0 Å². The number of carbonyl (C=O) groups is 2. The second kappa shape index (κ2) is 8.82. The summed E-state index contributed by atoms with van der Waals surface area (Å²) in [7, 11) is 0. The maximum absolute atomic E-state index is 12.8. The molecule has 0 bridgehead atoms. The van der Waals surface area contributed by atoms with Crippen LogP contribution in [0.4, 0.5) is 4.79 Å². The minimum Gasteiger partial charge on any atom is -0.465 e. The summed E-state index contributed by atoms with van der Waals surface area (Å²) in [5, 5.41) is 21.5. The van der Waals surface area contributed by atoms with Crippen LogP contribution in [-0.2, 0) is 22.5 Å². The topological polar surface area (TPSA) is 119 Å². The third-order valence-corrected chi connectivity index (χ3v) is 7.05. The van der Waals surface area contributed by atoms with Crippen LogP contribution in [0.2, 0.25) is 5.02 Å². The molecule has 2 aromatic heterocycles. The highest BCUT2D eigenvalue weighted by atomic mass is 35.5. The van der Waals surface area contributed by atoms with Gasteiger partial charge in [0.05, 0.1) is 24.3 Å². The number of hydrogen-bond donors (Lipinski definition) is 3. The summed E-state index contributed by atoms with van der Waals surface area (Å²) in [5.41, 5.74) is 3.68. The quantitative estimate of drug-likeness (QED) is 0.507. The fourth-order valence-electron chi connectivity index (χ4n) is 4.94. The fraction of sp³-hybridized carbons (Fsp3) is 0.400. The van der Waals surface area contributed by atoms with Gasteiger partial charge in [0, 0.05) is 43.0 Å². The lowest BCUT2D eigenvalue weighted by molar-refractivity contribution is -0.148. The van der Waals surface area contributed by atoms with Gasteiger partial charge in [-0.1, -0.05) is 17.7 Å². The average Bonchev–Trinajstić information content (AvgIpc) is 3.22. The molecule has 1 atom stereocenters. The molecule has 35 heavy (non-hydrogen) atoms. The van der Waals surface area contributed by atoms with E-state index < -0.39 is 17.7 Å². The Balaban J connectivity index is 1.64. The minimum atomic E-state index is -1.49. The number of fused-ring (bicyclic) bond motifs is 2. The largest absolute Gasteiger partial charge is 0.465 e. The highest BCUT2D eigenvalue weighted by Crippen LogP contribution is 2.37. The molecule has 2 aliphatic rings. The molecule has 10 heteroatoms. The van der Waals surface area contributed by atoms with Gasteiger partial charge in [-0.2, -0.15) is 0 Å². The number of nitrogens with one attached hydrogen (secondary N) is 1. The first-order chi connectivity index (χ1) is 16.6. The summed E-state index contributed by atoms with van der Waals surface area (Å²) in [4.78, 5) is 35.4. The number of pyridine rings is 1. The zero-order chi connectivity index (χ0) is 24.9. The van der Waals surface area contributed by atoms with Gasteiger partial charge in [0.15, 0.2) is 0 Å². The predicted molar refractivity (Wildman–Crippen MR) is 130 cm³/mol. The molecule has 2 amide bonds. The molecule has 4 heterocycles. The van der Waals surface area contributed by atoms with E-state index in [-0.39, 0.29) is 19.1 Å². The van der Waals surface area contributed by atoms with E-state index in [0.717, 1.165) is 33.2 Å². The monoisotopic (exact) mass is 498 g/mol. The molecule has 9 nitrogen and oxygen atoms in total. The number of aromatic amines is 1. The molecule has 2 aliphatic heterocycles. The summed E-state index contributed by atoms with van der Waals surface area (Å²) in [6, 6.07) is 5.49. The molecule has 1 fully saturated rings. The Bertz CT molecular complexity index is 1320. The third-order valence-electron chi connectivity index (χ3n) is 6.73. The molecule has 1 aromatic carbocycles. The Morgan fingerprint density at radius 1 is 1.23 bits per heavy atom. The van der Waals surface area contributed by atoms with Crippen LogP contribution in [0.1, 0.15) is 36.6 Å². The van der Waals surface area contributed by atoms with Crippen molar-refractivity contribution in [2.75, 3.05) is 26.3 Å². The lowest BCUT2D eigenvalue weighted by Crippen LogP contribution is -2.48. The van der Waals surface area contributed by atoms with Crippen LogP contribution >= 0.6 is 11.6 Å². The number of aliphatic hydroxyl groups is 1. The smallest absolute Gasteiger partial charge is 0.407 e. The molecule has 0 radical (unpaired) electrons. The van der Waals surface area contributed by atoms with Gasteiger partial charge in [0.2, 0.25) is 0 Å². The molecular formula is C25H27ClN4O5. The normalized spacial score (nSPS) is 18.6. The Hall–Kier alpha value is -3.14. The number of halogens is 1. The van der Waals surface area contributed by atoms with Crippen molar-refractivity contribution in [3.05, 3.63) is 52.3 Å². The van der Waals surface area contributed by atoms with Crippen LogP contribution < -0.4 is 0 Å². The molecule has 0 aliphatic carbocycles. The maximum Gasteiger partial charge on any atom is 0.407 e. The summed E-state index contributed by atoms with van der Waals surface area (Å²) < 4.78 is 5.69. The van der Waals surface area contributed by atoms with E-state index in [1.54, 1.807) is 17.3 Å². The number of carboxylic acid groups (broad SMARTS) is 1.